The van der Waals surface area contributed by atoms with Crippen LogP contribution >= 0.6 is 11.8 Å². The molecule has 9 nitrogen and oxygen atoms in total. The van der Waals surface area contributed by atoms with Crippen molar-refractivity contribution in [2.45, 2.75) is 37.8 Å². The first-order valence-corrected chi connectivity index (χ1v) is 10.3. The highest BCUT2D eigenvalue weighted by atomic mass is 32.2. The van der Waals surface area contributed by atoms with Gasteiger partial charge >= 0.3 is 6.03 Å². The zero-order valence-electron chi connectivity index (χ0n) is 16.3. The number of imide groups is 1. The molecule has 4 amide bonds. The van der Waals surface area contributed by atoms with E-state index in [1.807, 2.05) is 24.3 Å². The molecule has 2 heterocycles. The minimum atomic E-state index is -0.409. The van der Waals surface area contributed by atoms with Crippen molar-refractivity contribution in [3.05, 3.63) is 35.7 Å². The van der Waals surface area contributed by atoms with E-state index in [1.165, 1.54) is 10.5 Å². The molecule has 2 N–H and O–H groups in total. The summed E-state index contributed by atoms with van der Waals surface area (Å²) in [4.78, 5) is 36.5. The van der Waals surface area contributed by atoms with Crippen LogP contribution in [0.25, 0.3) is 0 Å². The third-order valence-electron chi connectivity index (χ3n) is 4.37. The lowest BCUT2D eigenvalue weighted by molar-refractivity contribution is -0.121. The van der Waals surface area contributed by atoms with Crippen LogP contribution in [0.5, 0.6) is 0 Å². The second-order valence-corrected chi connectivity index (χ2v) is 7.84. The normalized spacial score (nSPS) is 14.2. The van der Waals surface area contributed by atoms with Crippen molar-refractivity contribution in [2.24, 2.45) is 0 Å². The van der Waals surface area contributed by atoms with Crippen LogP contribution in [0.2, 0.25) is 0 Å². The summed E-state index contributed by atoms with van der Waals surface area (Å²) in [5, 5.41) is 13.2. The van der Waals surface area contributed by atoms with Crippen LogP contribution < -0.4 is 10.6 Å². The molecule has 0 bridgehead atoms. The van der Waals surface area contributed by atoms with Gasteiger partial charge in [0, 0.05) is 31.6 Å². The van der Waals surface area contributed by atoms with Crippen molar-refractivity contribution < 1.29 is 18.8 Å². The molecule has 1 aromatic heterocycles. The highest BCUT2D eigenvalue weighted by Gasteiger charge is 2.23. The molecule has 1 saturated heterocycles. The highest BCUT2D eigenvalue weighted by Crippen LogP contribution is 2.19. The smallest absolute Gasteiger partial charge is 0.324 e. The van der Waals surface area contributed by atoms with Gasteiger partial charge in [-0.3, -0.25) is 14.9 Å². The minimum absolute atomic E-state index is 0.143. The van der Waals surface area contributed by atoms with Crippen LogP contribution in [-0.2, 0) is 16.0 Å². The average molecular weight is 417 g/mol. The van der Waals surface area contributed by atoms with Crippen molar-refractivity contribution in [3.8, 4) is 0 Å². The summed E-state index contributed by atoms with van der Waals surface area (Å²) in [6.07, 6.45) is 0.662. The number of nitrogens with one attached hydrogen (secondary N) is 2. The Morgan fingerprint density at radius 1 is 1.28 bits per heavy atom. The summed E-state index contributed by atoms with van der Waals surface area (Å²) in [6.45, 7) is 4.98. The van der Waals surface area contributed by atoms with Gasteiger partial charge in [-0.15, -0.1) is 10.2 Å². The van der Waals surface area contributed by atoms with Crippen LogP contribution in [0.4, 0.5) is 10.5 Å². The maximum Gasteiger partial charge on any atom is 0.324 e. The zero-order chi connectivity index (χ0) is 20.8. The van der Waals surface area contributed by atoms with E-state index in [0.717, 1.165) is 17.4 Å². The molecule has 154 valence electrons. The lowest BCUT2D eigenvalue weighted by atomic mass is 10.0. The van der Waals surface area contributed by atoms with Gasteiger partial charge in [-0.25, -0.2) is 4.79 Å². The van der Waals surface area contributed by atoms with Crippen LogP contribution in [0.3, 0.4) is 0 Å². The SMILES string of the molecule is CC(C)c1ccc(NC(=O)CSc2nnc(CCN3CCC(=O)NC3=O)o2)cc1. The number of urea groups is 1. The van der Waals surface area contributed by atoms with Gasteiger partial charge in [0.1, 0.15) is 0 Å². The molecule has 1 fully saturated rings. The summed E-state index contributed by atoms with van der Waals surface area (Å²) in [5.41, 5.74) is 1.95. The third-order valence-corrected chi connectivity index (χ3v) is 5.19. The molecular formula is C19H23N5O4S. The number of anilines is 1. The van der Waals surface area contributed by atoms with E-state index >= 15 is 0 Å². The molecule has 10 heteroatoms. The van der Waals surface area contributed by atoms with E-state index in [-0.39, 0.29) is 24.0 Å². The van der Waals surface area contributed by atoms with Gasteiger partial charge in [0.15, 0.2) is 0 Å². The van der Waals surface area contributed by atoms with E-state index in [0.29, 0.717) is 36.5 Å². The van der Waals surface area contributed by atoms with E-state index in [2.05, 4.69) is 34.7 Å². The Hall–Kier alpha value is -2.88. The van der Waals surface area contributed by atoms with Gasteiger partial charge < -0.3 is 14.6 Å². The lowest BCUT2D eigenvalue weighted by Crippen LogP contribution is -2.49. The number of carbonyl (C=O) groups is 3. The van der Waals surface area contributed by atoms with Crippen LogP contribution in [-0.4, -0.2) is 51.8 Å². The largest absolute Gasteiger partial charge is 0.416 e. The predicted octanol–water partition coefficient (Wildman–Crippen LogP) is 2.41. The van der Waals surface area contributed by atoms with Gasteiger partial charge in [0.05, 0.1) is 5.75 Å². The molecule has 2 aromatic rings. The Bertz CT molecular complexity index is 881. The number of amides is 4. The molecule has 1 aliphatic heterocycles. The molecule has 1 aliphatic rings. The summed E-state index contributed by atoms with van der Waals surface area (Å²) in [5.74, 6) is 0.527. The number of thioether (sulfide) groups is 1. The van der Waals surface area contributed by atoms with E-state index in [1.54, 1.807) is 0 Å². The maximum atomic E-state index is 12.1. The van der Waals surface area contributed by atoms with Gasteiger partial charge in [0.2, 0.25) is 17.7 Å². The Labute approximate surface area is 172 Å². The van der Waals surface area contributed by atoms with Crippen molar-refractivity contribution in [2.75, 3.05) is 24.2 Å². The molecule has 0 radical (unpaired) electrons. The number of nitrogens with zero attached hydrogens (tertiary/aromatic N) is 3. The first kappa shape index (κ1) is 20.8. The molecule has 0 atom stereocenters. The number of hydrogen-bond donors (Lipinski definition) is 2. The number of carbonyl (C=O) groups excluding carboxylic acids is 3. The molecule has 0 spiro atoms. The van der Waals surface area contributed by atoms with Crippen LogP contribution in [0.15, 0.2) is 33.9 Å². The van der Waals surface area contributed by atoms with Crippen LogP contribution in [0.1, 0.15) is 37.6 Å². The topological polar surface area (TPSA) is 117 Å². The second-order valence-electron chi connectivity index (χ2n) is 6.92. The fraction of sp³-hybridized carbons (Fsp3) is 0.421. The first-order chi connectivity index (χ1) is 13.9. The average Bonchev–Trinajstić information content (AvgIpc) is 3.14. The Balaban J connectivity index is 1.42. The van der Waals surface area contributed by atoms with Crippen molar-refractivity contribution >= 4 is 35.3 Å². The monoisotopic (exact) mass is 417 g/mol. The first-order valence-electron chi connectivity index (χ1n) is 9.34. The molecule has 29 heavy (non-hydrogen) atoms. The Morgan fingerprint density at radius 3 is 2.72 bits per heavy atom. The summed E-state index contributed by atoms with van der Waals surface area (Å²) in [6, 6.07) is 7.35. The number of benzene rings is 1. The number of aromatic nitrogens is 2. The van der Waals surface area contributed by atoms with Crippen molar-refractivity contribution in [3.63, 3.8) is 0 Å². The molecule has 0 aliphatic carbocycles. The van der Waals surface area contributed by atoms with E-state index in [4.69, 9.17) is 4.42 Å². The standard InChI is InChI=1S/C19H23N5O4S/c1-12(2)13-3-5-14(6-4-13)20-16(26)11-29-19-23-22-17(28-19)8-10-24-9-7-15(25)21-18(24)27/h3-6,12H,7-11H2,1-2H3,(H,20,26)(H,21,25,27). The van der Waals surface area contributed by atoms with Crippen LogP contribution in [0, 0.1) is 0 Å². The molecule has 0 unspecified atom stereocenters. The van der Waals surface area contributed by atoms with Gasteiger partial charge in [0.25, 0.3) is 5.22 Å². The molecular weight excluding hydrogens is 394 g/mol. The predicted molar refractivity (Wildman–Crippen MR) is 108 cm³/mol. The van der Waals surface area contributed by atoms with Gasteiger partial charge in [-0.05, 0) is 23.6 Å². The summed E-state index contributed by atoms with van der Waals surface area (Å²) < 4.78 is 5.51. The van der Waals surface area contributed by atoms with E-state index < -0.39 is 6.03 Å². The van der Waals surface area contributed by atoms with Crippen molar-refractivity contribution in [1.29, 1.82) is 0 Å². The third kappa shape index (κ3) is 6.05. The molecule has 1 aromatic carbocycles. The molecule has 3 rings (SSSR count). The number of hydrogen-bond acceptors (Lipinski definition) is 7. The quantitative estimate of drug-likeness (QED) is 0.633. The van der Waals surface area contributed by atoms with Crippen molar-refractivity contribution in [1.82, 2.24) is 20.4 Å². The summed E-state index contributed by atoms with van der Waals surface area (Å²) in [7, 11) is 0. The lowest BCUT2D eigenvalue weighted by Gasteiger charge is -2.25. The highest BCUT2D eigenvalue weighted by molar-refractivity contribution is 7.99. The van der Waals surface area contributed by atoms with Gasteiger partial charge in [-0.2, -0.15) is 0 Å². The van der Waals surface area contributed by atoms with Gasteiger partial charge in [-0.1, -0.05) is 37.7 Å². The minimum Gasteiger partial charge on any atom is -0.416 e. The molecule has 0 saturated carbocycles. The number of rotatable bonds is 8. The fourth-order valence-electron chi connectivity index (χ4n) is 2.72. The fourth-order valence-corrected chi connectivity index (χ4v) is 3.30. The second kappa shape index (κ2) is 9.55. The Morgan fingerprint density at radius 2 is 2.03 bits per heavy atom. The maximum absolute atomic E-state index is 12.1. The summed E-state index contributed by atoms with van der Waals surface area (Å²) >= 11 is 1.15. The van der Waals surface area contributed by atoms with E-state index in [9.17, 15) is 14.4 Å². The Kier molecular flexibility index (Phi) is 6.86. The zero-order valence-corrected chi connectivity index (χ0v) is 17.1.